The molecule has 0 aliphatic rings. The molecule has 2 rings (SSSR count). The van der Waals surface area contributed by atoms with E-state index < -0.39 is 0 Å². The molecule has 0 aromatic heterocycles. The summed E-state index contributed by atoms with van der Waals surface area (Å²) in [6.07, 6.45) is 1.15. The first-order chi connectivity index (χ1) is 12.1. The Morgan fingerprint density at radius 2 is 1.52 bits per heavy atom. The van der Waals surface area contributed by atoms with E-state index in [0.717, 1.165) is 11.1 Å². The zero-order valence-electron chi connectivity index (χ0n) is 14.5. The van der Waals surface area contributed by atoms with Gasteiger partial charge in [-0.25, -0.2) is 0 Å². The summed E-state index contributed by atoms with van der Waals surface area (Å²) in [5.41, 5.74) is 2.28. The second-order valence-corrected chi connectivity index (χ2v) is 5.79. The van der Waals surface area contributed by atoms with Crippen LogP contribution in [0.1, 0.15) is 17.5 Å². The van der Waals surface area contributed by atoms with Gasteiger partial charge in [0.1, 0.15) is 5.75 Å². The zero-order valence-corrected chi connectivity index (χ0v) is 14.5. The summed E-state index contributed by atoms with van der Waals surface area (Å²) in [5.74, 6) is 0.433. The molecule has 0 unspecified atom stereocenters. The minimum absolute atomic E-state index is 0.0194. The van der Waals surface area contributed by atoms with Crippen molar-refractivity contribution in [2.24, 2.45) is 0 Å². The number of aryl methyl sites for hydroxylation is 2. The molecule has 2 N–H and O–H groups in total. The summed E-state index contributed by atoms with van der Waals surface area (Å²) in [6, 6.07) is 17.4. The standard InChI is InChI=1S/C20H24N2O3/c1-16-7-10-18(11-8-16)25-15-20(24)22-14-13-21-19(23)12-9-17-5-3-2-4-6-17/h2-8,10-11H,9,12-15H2,1H3,(H,21,23)(H,22,24). The van der Waals surface area contributed by atoms with Gasteiger partial charge in [-0.15, -0.1) is 0 Å². The molecule has 25 heavy (non-hydrogen) atoms. The molecule has 2 amide bonds. The summed E-state index contributed by atoms with van der Waals surface area (Å²) in [7, 11) is 0. The zero-order chi connectivity index (χ0) is 17.9. The highest BCUT2D eigenvalue weighted by atomic mass is 16.5. The number of nitrogens with one attached hydrogen (secondary N) is 2. The number of carbonyl (C=O) groups excluding carboxylic acids is 2. The third kappa shape index (κ3) is 7.52. The lowest BCUT2D eigenvalue weighted by atomic mass is 10.1. The molecule has 0 aliphatic carbocycles. The van der Waals surface area contributed by atoms with Gasteiger partial charge >= 0.3 is 0 Å². The van der Waals surface area contributed by atoms with E-state index in [4.69, 9.17) is 4.74 Å². The van der Waals surface area contributed by atoms with Crippen LogP contribution in [0.5, 0.6) is 5.75 Å². The van der Waals surface area contributed by atoms with Gasteiger partial charge in [-0.2, -0.15) is 0 Å². The van der Waals surface area contributed by atoms with Crippen LogP contribution < -0.4 is 15.4 Å². The van der Waals surface area contributed by atoms with Crippen LogP contribution in [-0.2, 0) is 16.0 Å². The summed E-state index contributed by atoms with van der Waals surface area (Å²) in [4.78, 5) is 23.4. The maximum Gasteiger partial charge on any atom is 0.258 e. The fourth-order valence-corrected chi connectivity index (χ4v) is 2.23. The molecule has 0 atom stereocenters. The van der Waals surface area contributed by atoms with Gasteiger partial charge in [0.05, 0.1) is 0 Å². The van der Waals surface area contributed by atoms with Gasteiger partial charge in [0.25, 0.3) is 5.91 Å². The third-order valence-electron chi connectivity index (χ3n) is 3.64. The minimum Gasteiger partial charge on any atom is -0.484 e. The number of hydrogen-bond acceptors (Lipinski definition) is 3. The maximum absolute atomic E-state index is 11.8. The van der Waals surface area contributed by atoms with E-state index >= 15 is 0 Å². The molecule has 0 fully saturated rings. The number of carbonyl (C=O) groups is 2. The van der Waals surface area contributed by atoms with E-state index in [9.17, 15) is 9.59 Å². The van der Waals surface area contributed by atoms with E-state index in [2.05, 4.69) is 10.6 Å². The van der Waals surface area contributed by atoms with Crippen LogP contribution in [0.25, 0.3) is 0 Å². The minimum atomic E-state index is -0.209. The lowest BCUT2D eigenvalue weighted by Crippen LogP contribution is -2.36. The maximum atomic E-state index is 11.8. The van der Waals surface area contributed by atoms with Crippen LogP contribution >= 0.6 is 0 Å². The van der Waals surface area contributed by atoms with Crippen molar-refractivity contribution in [2.45, 2.75) is 19.8 Å². The predicted octanol–water partition coefficient (Wildman–Crippen LogP) is 2.24. The van der Waals surface area contributed by atoms with E-state index in [-0.39, 0.29) is 18.4 Å². The number of benzene rings is 2. The highest BCUT2D eigenvalue weighted by Crippen LogP contribution is 2.10. The first-order valence-corrected chi connectivity index (χ1v) is 8.40. The SMILES string of the molecule is Cc1ccc(OCC(=O)NCCNC(=O)CCc2ccccc2)cc1. The highest BCUT2D eigenvalue weighted by molar-refractivity contribution is 5.78. The van der Waals surface area contributed by atoms with Crippen molar-refractivity contribution in [2.75, 3.05) is 19.7 Å². The Morgan fingerprint density at radius 3 is 2.20 bits per heavy atom. The second kappa shape index (κ2) is 10.1. The van der Waals surface area contributed by atoms with Crippen molar-refractivity contribution < 1.29 is 14.3 Å². The number of ether oxygens (including phenoxy) is 1. The summed E-state index contributed by atoms with van der Waals surface area (Å²) < 4.78 is 5.39. The Hall–Kier alpha value is -2.82. The predicted molar refractivity (Wildman–Crippen MR) is 97.5 cm³/mol. The summed E-state index contributed by atoms with van der Waals surface area (Å²) >= 11 is 0. The fourth-order valence-electron chi connectivity index (χ4n) is 2.23. The summed E-state index contributed by atoms with van der Waals surface area (Å²) in [6.45, 7) is 2.74. The van der Waals surface area contributed by atoms with Gasteiger partial charge < -0.3 is 15.4 Å². The van der Waals surface area contributed by atoms with E-state index in [1.807, 2.05) is 61.5 Å². The number of hydrogen-bond donors (Lipinski definition) is 2. The largest absolute Gasteiger partial charge is 0.484 e. The van der Waals surface area contributed by atoms with Crippen LogP contribution in [-0.4, -0.2) is 31.5 Å². The van der Waals surface area contributed by atoms with Crippen LogP contribution in [0.2, 0.25) is 0 Å². The Morgan fingerprint density at radius 1 is 0.880 bits per heavy atom. The molecule has 132 valence electrons. The van der Waals surface area contributed by atoms with Crippen molar-refractivity contribution >= 4 is 11.8 Å². The van der Waals surface area contributed by atoms with E-state index in [1.165, 1.54) is 0 Å². The topological polar surface area (TPSA) is 67.4 Å². The monoisotopic (exact) mass is 340 g/mol. The molecule has 2 aromatic rings. The van der Waals surface area contributed by atoms with Gasteiger partial charge in [0, 0.05) is 19.5 Å². The lowest BCUT2D eigenvalue weighted by molar-refractivity contribution is -0.124. The molecule has 0 spiro atoms. The Balaban J connectivity index is 1.53. The molecule has 5 heteroatoms. The Kier molecular flexibility index (Phi) is 7.50. The van der Waals surface area contributed by atoms with Crippen LogP contribution in [0.4, 0.5) is 0 Å². The molecule has 0 aliphatic heterocycles. The van der Waals surface area contributed by atoms with Gasteiger partial charge in [0.15, 0.2) is 6.61 Å². The van der Waals surface area contributed by atoms with Crippen LogP contribution in [0.15, 0.2) is 54.6 Å². The van der Waals surface area contributed by atoms with Crippen molar-refractivity contribution in [1.82, 2.24) is 10.6 Å². The number of rotatable bonds is 9. The second-order valence-electron chi connectivity index (χ2n) is 5.79. The van der Waals surface area contributed by atoms with Crippen LogP contribution in [0.3, 0.4) is 0 Å². The van der Waals surface area contributed by atoms with E-state index in [1.54, 1.807) is 0 Å². The van der Waals surface area contributed by atoms with Crippen molar-refractivity contribution in [3.05, 3.63) is 65.7 Å². The van der Waals surface area contributed by atoms with E-state index in [0.29, 0.717) is 31.7 Å². The van der Waals surface area contributed by atoms with Crippen LogP contribution in [0, 0.1) is 6.92 Å². The smallest absolute Gasteiger partial charge is 0.258 e. The molecular weight excluding hydrogens is 316 g/mol. The number of amides is 2. The third-order valence-corrected chi connectivity index (χ3v) is 3.64. The van der Waals surface area contributed by atoms with Crippen molar-refractivity contribution in [1.29, 1.82) is 0 Å². The Labute approximate surface area is 148 Å². The first kappa shape index (κ1) is 18.5. The lowest BCUT2D eigenvalue weighted by Gasteiger charge is -2.09. The quantitative estimate of drug-likeness (QED) is 0.688. The normalized spacial score (nSPS) is 10.1. The molecule has 0 bridgehead atoms. The van der Waals surface area contributed by atoms with Crippen molar-refractivity contribution in [3.8, 4) is 5.75 Å². The van der Waals surface area contributed by atoms with Gasteiger partial charge in [-0.3, -0.25) is 9.59 Å². The molecule has 2 aromatic carbocycles. The average molecular weight is 340 g/mol. The first-order valence-electron chi connectivity index (χ1n) is 8.40. The van der Waals surface area contributed by atoms with Gasteiger partial charge in [-0.05, 0) is 31.0 Å². The van der Waals surface area contributed by atoms with Gasteiger partial charge in [-0.1, -0.05) is 48.0 Å². The Bertz CT molecular complexity index is 669. The molecule has 5 nitrogen and oxygen atoms in total. The fraction of sp³-hybridized carbons (Fsp3) is 0.300. The summed E-state index contributed by atoms with van der Waals surface area (Å²) in [5, 5.41) is 5.51. The molecule has 0 radical (unpaired) electrons. The molecule has 0 saturated heterocycles. The van der Waals surface area contributed by atoms with Gasteiger partial charge in [0.2, 0.25) is 5.91 Å². The van der Waals surface area contributed by atoms with Crippen molar-refractivity contribution in [3.63, 3.8) is 0 Å². The average Bonchev–Trinajstić information content (AvgIpc) is 2.64. The molecule has 0 saturated carbocycles. The molecule has 0 heterocycles. The highest BCUT2D eigenvalue weighted by Gasteiger charge is 2.04. The molecular formula is C20H24N2O3.